The fraction of sp³-hybridized carbons (Fsp3) is 0.417. The number of anilines is 1. The highest BCUT2D eigenvalue weighted by atomic mass is 79.9. The first-order valence-corrected chi connectivity index (χ1v) is 6.31. The van der Waals surface area contributed by atoms with Crippen LogP contribution in [0.1, 0.15) is 30.1 Å². The van der Waals surface area contributed by atoms with Crippen LogP contribution in [0.5, 0.6) is 0 Å². The lowest BCUT2D eigenvalue weighted by atomic mass is 10.2. The zero-order valence-electron chi connectivity index (χ0n) is 9.74. The average molecular weight is 301 g/mol. The molecule has 4 N–H and O–H groups in total. The molecule has 0 heterocycles. The highest BCUT2D eigenvalue weighted by molar-refractivity contribution is 9.10. The van der Waals surface area contributed by atoms with Gasteiger partial charge >= 0.3 is 0 Å². The summed E-state index contributed by atoms with van der Waals surface area (Å²) in [7, 11) is 0. The Bertz CT molecular complexity index is 394. The third-order valence-electron chi connectivity index (χ3n) is 2.35. The molecule has 0 saturated heterocycles. The van der Waals surface area contributed by atoms with E-state index >= 15 is 0 Å². The van der Waals surface area contributed by atoms with Crippen LogP contribution >= 0.6 is 15.9 Å². The van der Waals surface area contributed by atoms with E-state index in [4.69, 9.17) is 10.8 Å². The summed E-state index contributed by atoms with van der Waals surface area (Å²) in [4.78, 5) is 11.7. The Kier molecular flexibility index (Phi) is 5.44. The van der Waals surface area contributed by atoms with Crippen LogP contribution in [0.2, 0.25) is 0 Å². The van der Waals surface area contributed by atoms with Crippen molar-refractivity contribution in [1.29, 1.82) is 0 Å². The van der Waals surface area contributed by atoms with Crippen molar-refractivity contribution in [3.05, 3.63) is 28.2 Å². The van der Waals surface area contributed by atoms with Gasteiger partial charge in [0.2, 0.25) is 0 Å². The molecule has 0 aliphatic heterocycles. The topological polar surface area (TPSA) is 75.3 Å². The van der Waals surface area contributed by atoms with E-state index in [0.29, 0.717) is 28.7 Å². The minimum atomic E-state index is -0.322. The van der Waals surface area contributed by atoms with Crippen LogP contribution < -0.4 is 11.1 Å². The number of hydrogen-bond acceptors (Lipinski definition) is 3. The first-order valence-electron chi connectivity index (χ1n) is 5.52. The van der Waals surface area contributed by atoms with Gasteiger partial charge in [-0.1, -0.05) is 0 Å². The Balaban J connectivity index is 2.44. The quantitative estimate of drug-likeness (QED) is 0.574. The maximum Gasteiger partial charge on any atom is 0.251 e. The molecule has 0 aliphatic carbocycles. The zero-order chi connectivity index (χ0) is 12.8. The molecular weight excluding hydrogens is 284 g/mol. The van der Waals surface area contributed by atoms with E-state index in [-0.39, 0.29) is 12.0 Å². The number of benzene rings is 1. The molecule has 0 saturated carbocycles. The normalized spacial score (nSPS) is 12.2. The monoisotopic (exact) mass is 300 g/mol. The fourth-order valence-corrected chi connectivity index (χ4v) is 1.75. The number of carbonyl (C=O) groups is 1. The standard InChI is InChI=1S/C12H17BrN2O2/c1-8(16)3-2-6-15-12(17)9-4-5-11(14)10(13)7-9/h4-5,7-8,16H,2-3,6,14H2,1H3,(H,15,17). The number of rotatable bonds is 5. The van der Waals surface area contributed by atoms with Gasteiger partial charge < -0.3 is 16.2 Å². The average Bonchev–Trinajstić information content (AvgIpc) is 2.27. The van der Waals surface area contributed by atoms with Gasteiger partial charge in [-0.05, 0) is 53.9 Å². The van der Waals surface area contributed by atoms with Crippen LogP contribution in [0.15, 0.2) is 22.7 Å². The maximum atomic E-state index is 11.7. The molecule has 0 spiro atoms. The molecule has 1 atom stereocenters. The van der Waals surface area contributed by atoms with E-state index in [0.717, 1.165) is 6.42 Å². The number of amides is 1. The summed E-state index contributed by atoms with van der Waals surface area (Å²) >= 11 is 3.28. The van der Waals surface area contributed by atoms with Gasteiger partial charge in [-0.2, -0.15) is 0 Å². The van der Waals surface area contributed by atoms with Crippen molar-refractivity contribution in [1.82, 2.24) is 5.32 Å². The van der Waals surface area contributed by atoms with Gasteiger partial charge in [-0.25, -0.2) is 0 Å². The van der Waals surface area contributed by atoms with E-state index in [9.17, 15) is 4.79 Å². The molecule has 4 nitrogen and oxygen atoms in total. The minimum absolute atomic E-state index is 0.128. The van der Waals surface area contributed by atoms with Crippen LogP contribution in [0.4, 0.5) is 5.69 Å². The third kappa shape index (κ3) is 4.75. The second-order valence-electron chi connectivity index (χ2n) is 3.98. The predicted octanol–water partition coefficient (Wildman–Crippen LogP) is 1.92. The number of aliphatic hydroxyl groups excluding tert-OH is 1. The second kappa shape index (κ2) is 6.61. The number of halogens is 1. The number of nitrogens with two attached hydrogens (primary N) is 1. The molecule has 1 amide bonds. The summed E-state index contributed by atoms with van der Waals surface area (Å²) in [5.41, 5.74) is 6.82. The van der Waals surface area contributed by atoms with Gasteiger partial charge in [-0.3, -0.25) is 4.79 Å². The van der Waals surface area contributed by atoms with Gasteiger partial charge in [-0.15, -0.1) is 0 Å². The summed E-state index contributed by atoms with van der Waals surface area (Å²) in [6.07, 6.45) is 1.13. The van der Waals surface area contributed by atoms with E-state index in [1.54, 1.807) is 25.1 Å². The molecule has 5 heteroatoms. The third-order valence-corrected chi connectivity index (χ3v) is 3.03. The van der Waals surface area contributed by atoms with Gasteiger partial charge in [0.1, 0.15) is 0 Å². The lowest BCUT2D eigenvalue weighted by molar-refractivity contribution is 0.0949. The molecular formula is C12H17BrN2O2. The molecule has 17 heavy (non-hydrogen) atoms. The zero-order valence-corrected chi connectivity index (χ0v) is 11.3. The van der Waals surface area contributed by atoms with Crippen molar-refractivity contribution < 1.29 is 9.90 Å². The largest absolute Gasteiger partial charge is 0.398 e. The van der Waals surface area contributed by atoms with Gasteiger partial charge in [0.05, 0.1) is 6.10 Å². The predicted molar refractivity (Wildman–Crippen MR) is 71.8 cm³/mol. The number of carbonyl (C=O) groups excluding carboxylic acids is 1. The SMILES string of the molecule is CC(O)CCCNC(=O)c1ccc(N)c(Br)c1. The van der Waals surface area contributed by atoms with Crippen molar-refractivity contribution in [2.75, 3.05) is 12.3 Å². The van der Waals surface area contributed by atoms with Crippen LogP contribution in [-0.4, -0.2) is 23.7 Å². The summed E-state index contributed by atoms with van der Waals surface area (Å²) in [5.74, 6) is -0.128. The molecule has 94 valence electrons. The minimum Gasteiger partial charge on any atom is -0.398 e. The maximum absolute atomic E-state index is 11.7. The van der Waals surface area contributed by atoms with Gasteiger partial charge in [0.15, 0.2) is 0 Å². The van der Waals surface area contributed by atoms with Crippen molar-refractivity contribution in [3.8, 4) is 0 Å². The highest BCUT2D eigenvalue weighted by Gasteiger charge is 2.06. The molecule has 1 aromatic rings. The lowest BCUT2D eigenvalue weighted by Crippen LogP contribution is -2.25. The first kappa shape index (κ1) is 14.0. The molecule has 1 unspecified atom stereocenters. The summed E-state index contributed by atoms with van der Waals surface area (Å²) in [6, 6.07) is 5.07. The van der Waals surface area contributed by atoms with Crippen molar-refractivity contribution in [3.63, 3.8) is 0 Å². The molecule has 0 radical (unpaired) electrons. The number of nitrogens with one attached hydrogen (secondary N) is 1. The Hall–Kier alpha value is -1.07. The van der Waals surface area contributed by atoms with E-state index in [1.165, 1.54) is 0 Å². The van der Waals surface area contributed by atoms with Gasteiger partial charge in [0, 0.05) is 22.3 Å². The smallest absolute Gasteiger partial charge is 0.251 e. The van der Waals surface area contributed by atoms with Crippen molar-refractivity contribution in [2.24, 2.45) is 0 Å². The second-order valence-corrected chi connectivity index (χ2v) is 4.84. The van der Waals surface area contributed by atoms with Crippen LogP contribution in [0.3, 0.4) is 0 Å². The molecule has 1 rings (SSSR count). The van der Waals surface area contributed by atoms with E-state index < -0.39 is 0 Å². The van der Waals surface area contributed by atoms with Crippen molar-refractivity contribution in [2.45, 2.75) is 25.9 Å². The summed E-state index contributed by atoms with van der Waals surface area (Å²) in [5, 5.41) is 11.9. The van der Waals surface area contributed by atoms with E-state index in [2.05, 4.69) is 21.2 Å². The summed E-state index contributed by atoms with van der Waals surface area (Å²) < 4.78 is 0.717. The number of hydrogen-bond donors (Lipinski definition) is 3. The number of nitrogen functional groups attached to an aromatic ring is 1. The van der Waals surface area contributed by atoms with Gasteiger partial charge in [0.25, 0.3) is 5.91 Å². The lowest BCUT2D eigenvalue weighted by Gasteiger charge is -2.07. The van der Waals surface area contributed by atoms with Crippen LogP contribution in [0, 0.1) is 0 Å². The Morgan fingerprint density at radius 3 is 2.88 bits per heavy atom. The van der Waals surface area contributed by atoms with Crippen LogP contribution in [-0.2, 0) is 0 Å². The first-order chi connectivity index (χ1) is 8.00. The van der Waals surface area contributed by atoms with Crippen molar-refractivity contribution >= 4 is 27.5 Å². The van der Waals surface area contributed by atoms with E-state index in [1.807, 2.05) is 0 Å². The molecule has 1 aromatic carbocycles. The molecule has 0 bridgehead atoms. The Morgan fingerprint density at radius 2 is 2.29 bits per heavy atom. The number of aliphatic hydroxyl groups is 1. The Labute approximate surface area is 109 Å². The molecule has 0 fully saturated rings. The van der Waals surface area contributed by atoms with Crippen LogP contribution in [0.25, 0.3) is 0 Å². The molecule has 0 aromatic heterocycles. The molecule has 0 aliphatic rings. The summed E-state index contributed by atoms with van der Waals surface area (Å²) in [6.45, 7) is 2.30. The highest BCUT2D eigenvalue weighted by Crippen LogP contribution is 2.20. The fourth-order valence-electron chi connectivity index (χ4n) is 1.37. The Morgan fingerprint density at radius 1 is 1.59 bits per heavy atom.